The van der Waals surface area contributed by atoms with E-state index in [0.29, 0.717) is 0 Å². The SMILES string of the molecule is CCCCCCCC/C=C/C(C)(CC(=O)O)C(=O)O. The molecule has 1 atom stereocenters. The van der Waals surface area contributed by atoms with Crippen LogP contribution in [0.1, 0.15) is 65.2 Å². The highest BCUT2D eigenvalue weighted by molar-refractivity contribution is 5.82. The van der Waals surface area contributed by atoms with Crippen molar-refractivity contribution in [3.8, 4) is 0 Å². The molecule has 0 heterocycles. The first-order valence-electron chi connectivity index (χ1n) is 7.05. The number of carboxylic acids is 2. The quantitative estimate of drug-likeness (QED) is 0.441. The number of allylic oxidation sites excluding steroid dienone is 1. The van der Waals surface area contributed by atoms with Crippen molar-refractivity contribution in [1.29, 1.82) is 0 Å². The fourth-order valence-electron chi connectivity index (χ4n) is 1.91. The summed E-state index contributed by atoms with van der Waals surface area (Å²) >= 11 is 0. The molecule has 0 bridgehead atoms. The van der Waals surface area contributed by atoms with E-state index in [2.05, 4.69) is 6.92 Å². The minimum Gasteiger partial charge on any atom is -0.481 e. The molecule has 0 aromatic carbocycles. The van der Waals surface area contributed by atoms with Crippen molar-refractivity contribution in [2.45, 2.75) is 65.2 Å². The number of hydrogen-bond acceptors (Lipinski definition) is 2. The van der Waals surface area contributed by atoms with Crippen LogP contribution in [0.2, 0.25) is 0 Å². The molecule has 19 heavy (non-hydrogen) atoms. The van der Waals surface area contributed by atoms with Gasteiger partial charge in [-0.05, 0) is 19.8 Å². The van der Waals surface area contributed by atoms with E-state index >= 15 is 0 Å². The Balaban J connectivity index is 3.99. The summed E-state index contributed by atoms with van der Waals surface area (Å²) in [5.41, 5.74) is -1.30. The summed E-state index contributed by atoms with van der Waals surface area (Å²) in [6, 6.07) is 0. The zero-order chi connectivity index (χ0) is 14.7. The largest absolute Gasteiger partial charge is 0.481 e. The van der Waals surface area contributed by atoms with Gasteiger partial charge in [-0.3, -0.25) is 9.59 Å². The van der Waals surface area contributed by atoms with E-state index < -0.39 is 17.4 Å². The van der Waals surface area contributed by atoms with Gasteiger partial charge in [-0.25, -0.2) is 0 Å². The Bertz CT molecular complexity index is 309. The maximum Gasteiger partial charge on any atom is 0.313 e. The van der Waals surface area contributed by atoms with Gasteiger partial charge in [0.2, 0.25) is 0 Å². The molecule has 4 nitrogen and oxygen atoms in total. The number of hydrogen-bond donors (Lipinski definition) is 2. The van der Waals surface area contributed by atoms with Crippen molar-refractivity contribution in [2.75, 3.05) is 0 Å². The second kappa shape index (κ2) is 9.59. The zero-order valence-corrected chi connectivity index (χ0v) is 12.0. The van der Waals surface area contributed by atoms with E-state index in [0.717, 1.165) is 19.3 Å². The Hall–Kier alpha value is -1.32. The van der Waals surface area contributed by atoms with Crippen LogP contribution < -0.4 is 0 Å². The van der Waals surface area contributed by atoms with Crippen LogP contribution in [0, 0.1) is 5.41 Å². The van der Waals surface area contributed by atoms with E-state index in [1.165, 1.54) is 38.7 Å². The van der Waals surface area contributed by atoms with Gasteiger partial charge in [-0.2, -0.15) is 0 Å². The average Bonchev–Trinajstić information content (AvgIpc) is 2.31. The second-order valence-corrected chi connectivity index (χ2v) is 5.25. The maximum atomic E-state index is 11.1. The molecule has 0 aromatic heterocycles. The highest BCUT2D eigenvalue weighted by atomic mass is 16.4. The maximum absolute atomic E-state index is 11.1. The molecule has 1 unspecified atom stereocenters. The topological polar surface area (TPSA) is 74.6 Å². The molecule has 0 saturated heterocycles. The molecule has 0 amide bonds. The molecule has 0 rings (SSSR count). The average molecular weight is 270 g/mol. The Morgan fingerprint density at radius 2 is 1.63 bits per heavy atom. The molecule has 0 saturated carbocycles. The minimum atomic E-state index is -1.30. The summed E-state index contributed by atoms with van der Waals surface area (Å²) in [6.07, 6.45) is 10.9. The first-order valence-corrected chi connectivity index (χ1v) is 7.05. The highest BCUT2D eigenvalue weighted by Crippen LogP contribution is 2.24. The van der Waals surface area contributed by atoms with Crippen LogP contribution in [-0.2, 0) is 9.59 Å². The molecule has 0 aliphatic heterocycles. The van der Waals surface area contributed by atoms with Crippen molar-refractivity contribution in [1.82, 2.24) is 0 Å². The van der Waals surface area contributed by atoms with E-state index in [-0.39, 0.29) is 6.42 Å². The number of carboxylic acid groups (broad SMARTS) is 2. The lowest BCUT2D eigenvalue weighted by atomic mass is 9.86. The molecule has 0 aliphatic rings. The molecular weight excluding hydrogens is 244 g/mol. The highest BCUT2D eigenvalue weighted by Gasteiger charge is 2.32. The predicted molar refractivity (Wildman–Crippen MR) is 75.1 cm³/mol. The van der Waals surface area contributed by atoms with E-state index in [1.54, 1.807) is 6.08 Å². The van der Waals surface area contributed by atoms with Crippen molar-refractivity contribution in [2.24, 2.45) is 5.41 Å². The first-order chi connectivity index (χ1) is 8.92. The Labute approximate surface area is 115 Å². The fourth-order valence-corrected chi connectivity index (χ4v) is 1.91. The summed E-state index contributed by atoms with van der Waals surface area (Å²) in [4.78, 5) is 21.7. The summed E-state index contributed by atoms with van der Waals surface area (Å²) in [5.74, 6) is -2.18. The van der Waals surface area contributed by atoms with Crippen LogP contribution in [0.25, 0.3) is 0 Å². The van der Waals surface area contributed by atoms with Gasteiger partial charge in [0, 0.05) is 0 Å². The van der Waals surface area contributed by atoms with Crippen LogP contribution in [0.3, 0.4) is 0 Å². The van der Waals surface area contributed by atoms with Crippen LogP contribution in [0.5, 0.6) is 0 Å². The summed E-state index contributed by atoms with van der Waals surface area (Å²) in [5, 5.41) is 17.8. The molecular formula is C15H26O4. The second-order valence-electron chi connectivity index (χ2n) is 5.25. The van der Waals surface area contributed by atoms with Crippen LogP contribution in [0.15, 0.2) is 12.2 Å². The third-order valence-electron chi connectivity index (χ3n) is 3.22. The lowest BCUT2D eigenvalue weighted by Gasteiger charge is -2.17. The minimum absolute atomic E-state index is 0.380. The van der Waals surface area contributed by atoms with Crippen molar-refractivity contribution < 1.29 is 19.8 Å². The third-order valence-corrected chi connectivity index (χ3v) is 3.22. The van der Waals surface area contributed by atoms with E-state index in [4.69, 9.17) is 10.2 Å². The summed E-state index contributed by atoms with van der Waals surface area (Å²) in [7, 11) is 0. The van der Waals surface area contributed by atoms with Crippen molar-refractivity contribution in [3.63, 3.8) is 0 Å². The molecule has 0 radical (unpaired) electrons. The van der Waals surface area contributed by atoms with Crippen LogP contribution in [0.4, 0.5) is 0 Å². The monoisotopic (exact) mass is 270 g/mol. The molecule has 2 N–H and O–H groups in total. The van der Waals surface area contributed by atoms with Gasteiger partial charge >= 0.3 is 11.9 Å². The normalized spacial score (nSPS) is 14.4. The molecule has 110 valence electrons. The Kier molecular flexibility index (Phi) is 8.92. The molecule has 0 aliphatic carbocycles. The molecule has 0 fully saturated rings. The van der Waals surface area contributed by atoms with Gasteiger partial charge in [0.1, 0.15) is 0 Å². The van der Waals surface area contributed by atoms with Crippen LogP contribution in [-0.4, -0.2) is 22.2 Å². The van der Waals surface area contributed by atoms with Crippen LogP contribution >= 0.6 is 0 Å². The third kappa shape index (κ3) is 8.41. The summed E-state index contributed by atoms with van der Waals surface area (Å²) in [6.45, 7) is 3.62. The summed E-state index contributed by atoms with van der Waals surface area (Å²) < 4.78 is 0. The van der Waals surface area contributed by atoms with Gasteiger partial charge in [-0.1, -0.05) is 51.2 Å². The standard InChI is InChI=1S/C15H26O4/c1-3-4-5-6-7-8-9-10-11-15(2,14(18)19)12-13(16)17/h10-11H,3-9,12H2,1-2H3,(H,16,17)(H,18,19)/b11-10+. The fraction of sp³-hybridized carbons (Fsp3) is 0.733. The Morgan fingerprint density at radius 3 is 2.16 bits per heavy atom. The van der Waals surface area contributed by atoms with E-state index in [9.17, 15) is 9.59 Å². The zero-order valence-electron chi connectivity index (χ0n) is 12.0. The van der Waals surface area contributed by atoms with Crippen molar-refractivity contribution >= 4 is 11.9 Å². The smallest absolute Gasteiger partial charge is 0.313 e. The lowest BCUT2D eigenvalue weighted by Crippen LogP contribution is -2.28. The van der Waals surface area contributed by atoms with Gasteiger partial charge in [-0.15, -0.1) is 0 Å². The first kappa shape index (κ1) is 17.7. The molecule has 4 heteroatoms. The van der Waals surface area contributed by atoms with Crippen molar-refractivity contribution in [3.05, 3.63) is 12.2 Å². The number of carbonyl (C=O) groups is 2. The van der Waals surface area contributed by atoms with Gasteiger partial charge < -0.3 is 10.2 Å². The van der Waals surface area contributed by atoms with E-state index in [1.807, 2.05) is 0 Å². The number of aliphatic carboxylic acids is 2. The predicted octanol–water partition coefficient (Wildman–Crippen LogP) is 3.86. The van der Waals surface area contributed by atoms with Gasteiger partial charge in [0.15, 0.2) is 0 Å². The lowest BCUT2D eigenvalue weighted by molar-refractivity contribution is -0.151. The Morgan fingerprint density at radius 1 is 1.05 bits per heavy atom. The number of rotatable bonds is 11. The van der Waals surface area contributed by atoms with Gasteiger partial charge in [0.25, 0.3) is 0 Å². The molecule has 0 aromatic rings. The number of unbranched alkanes of at least 4 members (excludes halogenated alkanes) is 6. The molecule has 0 spiro atoms. The van der Waals surface area contributed by atoms with Gasteiger partial charge in [0.05, 0.1) is 11.8 Å².